The first kappa shape index (κ1) is 32.7. The number of nitrogens with one attached hydrogen (secondary N) is 3. The maximum atomic E-state index is 13.7. The van der Waals surface area contributed by atoms with Crippen molar-refractivity contribution in [1.29, 1.82) is 0 Å². The topological polar surface area (TPSA) is 144 Å². The maximum absolute atomic E-state index is 13.7. The van der Waals surface area contributed by atoms with E-state index in [2.05, 4.69) is 35.5 Å². The maximum Gasteiger partial charge on any atom is 0.416 e. The van der Waals surface area contributed by atoms with E-state index in [0.29, 0.717) is 16.6 Å². The molecule has 1 aromatic carbocycles. The molecule has 2 heterocycles. The van der Waals surface area contributed by atoms with Crippen LogP contribution < -0.4 is 10.6 Å². The van der Waals surface area contributed by atoms with Crippen molar-refractivity contribution in [3.8, 4) is 0 Å². The fraction of sp³-hybridized carbons (Fsp3) is 0.621. The molecule has 5 rings (SSSR count). The number of aromatic nitrogens is 4. The van der Waals surface area contributed by atoms with E-state index in [0.717, 1.165) is 26.7 Å². The number of halogens is 5. The molecule has 11 nitrogen and oxygen atoms in total. The van der Waals surface area contributed by atoms with Crippen LogP contribution in [0.4, 0.5) is 22.0 Å². The molecule has 246 valence electrons. The molecular formula is C29H35F5N6O5. The number of aryl methyl sites for hydroxylation is 1. The van der Waals surface area contributed by atoms with E-state index >= 15 is 0 Å². The Hall–Kier alpha value is -3.66. The van der Waals surface area contributed by atoms with Crippen molar-refractivity contribution in [2.24, 2.45) is 5.92 Å². The molecule has 0 bridgehead atoms. The molecule has 0 aliphatic heterocycles. The number of amides is 2. The lowest BCUT2D eigenvalue weighted by Crippen LogP contribution is -2.47. The molecule has 2 aromatic heterocycles. The summed E-state index contributed by atoms with van der Waals surface area (Å²) in [6.07, 6.45) is -4.70. The van der Waals surface area contributed by atoms with Crippen molar-refractivity contribution in [3.63, 3.8) is 0 Å². The van der Waals surface area contributed by atoms with Gasteiger partial charge in [-0.05, 0) is 69.3 Å². The van der Waals surface area contributed by atoms with Crippen molar-refractivity contribution in [2.75, 3.05) is 6.61 Å². The van der Waals surface area contributed by atoms with Crippen LogP contribution in [0.2, 0.25) is 0 Å². The Labute approximate surface area is 255 Å². The van der Waals surface area contributed by atoms with Crippen LogP contribution in [0.25, 0.3) is 11.0 Å². The average molecular weight is 643 g/mol. The van der Waals surface area contributed by atoms with Gasteiger partial charge >= 0.3 is 6.18 Å². The highest BCUT2D eigenvalue weighted by atomic mass is 19.4. The zero-order chi connectivity index (χ0) is 32.7. The molecule has 0 radical (unpaired) electrons. The van der Waals surface area contributed by atoms with Gasteiger partial charge in [0.05, 0.1) is 35.9 Å². The van der Waals surface area contributed by atoms with Gasteiger partial charge in [-0.2, -0.15) is 13.2 Å². The van der Waals surface area contributed by atoms with Gasteiger partial charge in [-0.15, -0.1) is 0 Å². The minimum atomic E-state index is -4.70. The Bertz CT molecular complexity index is 1530. The summed E-state index contributed by atoms with van der Waals surface area (Å²) in [6, 6.07) is 3.29. The van der Waals surface area contributed by atoms with E-state index in [1.165, 1.54) is 13.8 Å². The molecule has 2 aliphatic carbocycles. The third-order valence-electron chi connectivity index (χ3n) is 8.01. The monoisotopic (exact) mass is 642 g/mol. The van der Waals surface area contributed by atoms with Crippen molar-refractivity contribution in [1.82, 2.24) is 30.9 Å². The Morgan fingerprint density at radius 3 is 2.47 bits per heavy atom. The number of carbonyl (C=O) groups excluding carboxylic acids is 2. The lowest BCUT2D eigenvalue weighted by atomic mass is 9.79. The number of hydrogen-bond donors (Lipinski definition) is 3. The van der Waals surface area contributed by atoms with E-state index in [9.17, 15) is 31.5 Å². The number of carbonyl (C=O) groups is 2. The van der Waals surface area contributed by atoms with Crippen molar-refractivity contribution in [2.45, 2.75) is 102 Å². The first-order valence-electron chi connectivity index (χ1n) is 14.6. The molecule has 3 aromatic rings. The van der Waals surface area contributed by atoms with E-state index in [1.807, 2.05) is 0 Å². The molecule has 3 N–H and O–H groups in total. The highest BCUT2D eigenvalue weighted by Gasteiger charge is 2.50. The van der Waals surface area contributed by atoms with E-state index in [1.54, 1.807) is 18.2 Å². The predicted molar refractivity (Wildman–Crippen MR) is 148 cm³/mol. The van der Waals surface area contributed by atoms with Gasteiger partial charge in [-0.25, -0.2) is 18.4 Å². The normalized spacial score (nSPS) is 19.1. The van der Waals surface area contributed by atoms with Crippen molar-refractivity contribution in [3.05, 3.63) is 41.0 Å². The number of benzene rings is 1. The van der Waals surface area contributed by atoms with Crippen LogP contribution in [0.1, 0.15) is 92.5 Å². The Morgan fingerprint density at radius 2 is 1.87 bits per heavy atom. The third-order valence-corrected chi connectivity index (χ3v) is 8.01. The van der Waals surface area contributed by atoms with E-state index in [4.69, 9.17) is 9.47 Å². The van der Waals surface area contributed by atoms with Crippen LogP contribution in [0.15, 0.2) is 22.8 Å². The van der Waals surface area contributed by atoms with Crippen LogP contribution >= 0.6 is 0 Å². The fourth-order valence-corrected chi connectivity index (χ4v) is 5.20. The highest BCUT2D eigenvalue weighted by Crippen LogP contribution is 2.44. The van der Waals surface area contributed by atoms with Gasteiger partial charge in [0.15, 0.2) is 11.3 Å². The van der Waals surface area contributed by atoms with Crippen molar-refractivity contribution < 1.29 is 45.6 Å². The van der Waals surface area contributed by atoms with Gasteiger partial charge in [0.25, 0.3) is 5.91 Å². The van der Waals surface area contributed by atoms with Crippen LogP contribution in [0.5, 0.6) is 0 Å². The summed E-state index contributed by atoms with van der Waals surface area (Å²) in [6.45, 7) is 4.79. The van der Waals surface area contributed by atoms with Crippen molar-refractivity contribution >= 4 is 22.8 Å². The minimum absolute atomic E-state index is 0.0278. The van der Waals surface area contributed by atoms with Crippen LogP contribution in [-0.4, -0.2) is 68.6 Å². The van der Waals surface area contributed by atoms with Gasteiger partial charge in [0.2, 0.25) is 11.8 Å². The number of nitrogens with zero attached hydrogens (tertiary/aromatic N) is 3. The molecule has 3 atom stereocenters. The molecule has 16 heteroatoms. The molecule has 2 fully saturated rings. The van der Waals surface area contributed by atoms with Gasteiger partial charge in [0.1, 0.15) is 17.6 Å². The predicted octanol–water partition coefficient (Wildman–Crippen LogP) is 5.24. The SMILES string of the molecule is Cc1nonc1C(=O)N[C@H](c1nc2ccc([C@@H](COC3CC3)NC(=O)CC3CC(F)(F)C3)cc2[nH]1)[C@@H](C)OC(C)(C)C(F)(F)F. The Kier molecular flexibility index (Phi) is 8.92. The molecule has 2 amide bonds. The zero-order valence-electron chi connectivity index (χ0n) is 25.1. The highest BCUT2D eigenvalue weighted by molar-refractivity contribution is 5.93. The van der Waals surface area contributed by atoms with E-state index in [-0.39, 0.29) is 55.1 Å². The lowest BCUT2D eigenvalue weighted by Gasteiger charge is -2.34. The third kappa shape index (κ3) is 7.77. The molecule has 45 heavy (non-hydrogen) atoms. The standard InChI is InChI=1S/C29H35F5N6O5/c1-14-23(40-45-39-14)26(42)38-24(15(2)44-27(3,4)29(32,33)34)25-36-19-8-5-17(10-20(19)37-25)21(13-43-18-6-7-18)35-22(41)9-16-11-28(30,31)12-16/h5,8,10,15-16,18,21,24H,6-7,9,11-13H2,1-4H3,(H,35,41)(H,36,37)(H,38,42)/t15-,21-,24+/m1/s1. The van der Waals surface area contributed by atoms with E-state index < -0.39 is 47.7 Å². The summed E-state index contributed by atoms with van der Waals surface area (Å²) >= 11 is 0. The second kappa shape index (κ2) is 12.3. The number of alkyl halides is 5. The molecular weight excluding hydrogens is 607 g/mol. The summed E-state index contributed by atoms with van der Waals surface area (Å²) in [4.78, 5) is 33.4. The summed E-state index contributed by atoms with van der Waals surface area (Å²) in [5.74, 6) is -4.14. The molecule has 2 saturated carbocycles. The van der Waals surface area contributed by atoms with Crippen LogP contribution in [0.3, 0.4) is 0 Å². The minimum Gasteiger partial charge on any atom is -0.376 e. The smallest absolute Gasteiger partial charge is 0.376 e. The van der Waals surface area contributed by atoms with Crippen LogP contribution in [0, 0.1) is 12.8 Å². The average Bonchev–Trinajstić information content (AvgIpc) is 3.49. The Balaban J connectivity index is 1.39. The first-order chi connectivity index (χ1) is 21.0. The summed E-state index contributed by atoms with van der Waals surface area (Å²) in [5.41, 5.74) is -0.995. The Morgan fingerprint density at radius 1 is 1.16 bits per heavy atom. The number of aromatic amines is 1. The van der Waals surface area contributed by atoms with Gasteiger partial charge in [-0.3, -0.25) is 9.59 Å². The molecule has 0 unspecified atom stereocenters. The molecule has 0 saturated heterocycles. The summed E-state index contributed by atoms with van der Waals surface area (Å²) in [7, 11) is 0. The number of imidazole rings is 1. The summed E-state index contributed by atoms with van der Waals surface area (Å²) < 4.78 is 83.5. The lowest BCUT2D eigenvalue weighted by molar-refractivity contribution is -0.277. The van der Waals surface area contributed by atoms with Gasteiger partial charge in [0, 0.05) is 19.3 Å². The number of H-pyrrole nitrogens is 1. The quantitative estimate of drug-likeness (QED) is 0.215. The second-order valence-electron chi connectivity index (χ2n) is 12.4. The number of ether oxygens (including phenoxy) is 2. The zero-order valence-corrected chi connectivity index (χ0v) is 25.1. The van der Waals surface area contributed by atoms with Gasteiger partial charge in [-0.1, -0.05) is 11.2 Å². The molecule has 0 spiro atoms. The number of hydrogen-bond acceptors (Lipinski definition) is 8. The molecule has 2 aliphatic rings. The van der Waals surface area contributed by atoms with Crippen LogP contribution in [-0.2, 0) is 14.3 Å². The summed E-state index contributed by atoms with van der Waals surface area (Å²) in [5, 5.41) is 12.7. The second-order valence-corrected chi connectivity index (χ2v) is 12.4. The largest absolute Gasteiger partial charge is 0.416 e. The van der Waals surface area contributed by atoms with Gasteiger partial charge < -0.3 is 25.1 Å². The first-order valence-corrected chi connectivity index (χ1v) is 14.6. The fourth-order valence-electron chi connectivity index (χ4n) is 5.20. The number of fused-ring (bicyclic) bond motifs is 1. The number of rotatable bonds is 13.